The molecule has 3 aromatic rings. The molecule has 0 fully saturated rings. The first-order valence-electron chi connectivity index (χ1n) is 13.9. The molecular formula is C34H34N2O6. The van der Waals surface area contributed by atoms with Crippen LogP contribution in [0.1, 0.15) is 26.3 Å². The van der Waals surface area contributed by atoms with Crippen LogP contribution in [0.4, 0.5) is 5.69 Å². The molecule has 5 rings (SSSR count). The molecule has 8 heteroatoms. The molecule has 0 saturated carbocycles. The van der Waals surface area contributed by atoms with Gasteiger partial charge in [-0.05, 0) is 55.4 Å². The van der Waals surface area contributed by atoms with E-state index in [1.165, 1.54) is 0 Å². The SMILES string of the molecule is COc1ccc(CCN(C)CCOc2ccc(NC(=O)C3=CC=CC4C(=O)c5ccccc5C(=O)C34)cc2)cc1OC. The summed E-state index contributed by atoms with van der Waals surface area (Å²) in [7, 11) is 5.30. The van der Waals surface area contributed by atoms with Gasteiger partial charge in [-0.3, -0.25) is 14.4 Å². The first-order chi connectivity index (χ1) is 20.4. The van der Waals surface area contributed by atoms with Gasteiger partial charge in [-0.15, -0.1) is 0 Å². The standard InChI is InChI=1S/C34H34N2O6/c1-36(18-17-22-11-16-29(40-2)30(21-22)41-3)19-20-42-24-14-12-23(13-15-24)35-34(39)28-10-6-9-27-31(28)33(38)26-8-5-4-7-25(26)32(27)37/h4-16,21,27,31H,17-20H2,1-3H3,(H,35,39). The number of ether oxygens (including phenoxy) is 3. The van der Waals surface area contributed by atoms with E-state index in [2.05, 4.69) is 10.2 Å². The average Bonchev–Trinajstić information content (AvgIpc) is 3.02. The normalized spacial score (nSPS) is 17.3. The molecule has 2 aliphatic carbocycles. The summed E-state index contributed by atoms with van der Waals surface area (Å²) in [5.41, 5.74) is 2.80. The summed E-state index contributed by atoms with van der Waals surface area (Å²) in [6, 6.07) is 19.8. The van der Waals surface area contributed by atoms with Crippen LogP contribution in [0.5, 0.6) is 17.2 Å². The predicted octanol–water partition coefficient (Wildman–Crippen LogP) is 5.00. The highest BCUT2D eigenvalue weighted by molar-refractivity contribution is 6.21. The van der Waals surface area contributed by atoms with Gasteiger partial charge in [0.25, 0.3) is 5.91 Å². The Hall–Kier alpha value is -4.69. The quantitative estimate of drug-likeness (QED) is 0.349. The van der Waals surface area contributed by atoms with Crippen LogP contribution in [0, 0.1) is 11.8 Å². The summed E-state index contributed by atoms with van der Waals surface area (Å²) in [5, 5.41) is 2.87. The predicted molar refractivity (Wildman–Crippen MR) is 161 cm³/mol. The van der Waals surface area contributed by atoms with Crippen LogP contribution in [0.3, 0.4) is 0 Å². The summed E-state index contributed by atoms with van der Waals surface area (Å²) < 4.78 is 16.6. The number of amides is 1. The Morgan fingerprint density at radius 1 is 0.881 bits per heavy atom. The summed E-state index contributed by atoms with van der Waals surface area (Å²) in [4.78, 5) is 41.7. The van der Waals surface area contributed by atoms with E-state index in [4.69, 9.17) is 14.2 Å². The lowest BCUT2D eigenvalue weighted by atomic mass is 9.69. The molecule has 2 aliphatic rings. The third-order valence-electron chi connectivity index (χ3n) is 7.68. The number of hydrogen-bond donors (Lipinski definition) is 1. The Kier molecular flexibility index (Phi) is 8.83. The van der Waals surface area contributed by atoms with Crippen molar-refractivity contribution in [2.75, 3.05) is 46.3 Å². The lowest BCUT2D eigenvalue weighted by molar-refractivity contribution is -0.113. The number of carbonyl (C=O) groups excluding carboxylic acids is 3. The smallest absolute Gasteiger partial charge is 0.252 e. The number of fused-ring (bicyclic) bond motifs is 2. The maximum absolute atomic E-state index is 13.3. The molecule has 2 unspecified atom stereocenters. The van der Waals surface area contributed by atoms with E-state index in [-0.39, 0.29) is 17.1 Å². The van der Waals surface area contributed by atoms with E-state index in [0.29, 0.717) is 34.9 Å². The zero-order valence-corrected chi connectivity index (χ0v) is 24.0. The van der Waals surface area contributed by atoms with Crippen molar-refractivity contribution in [1.82, 2.24) is 4.90 Å². The number of methoxy groups -OCH3 is 2. The van der Waals surface area contributed by atoms with E-state index in [0.717, 1.165) is 30.8 Å². The van der Waals surface area contributed by atoms with Crippen molar-refractivity contribution in [3.05, 3.63) is 107 Å². The van der Waals surface area contributed by atoms with Crippen molar-refractivity contribution in [2.45, 2.75) is 6.42 Å². The van der Waals surface area contributed by atoms with Crippen LogP contribution in [0.2, 0.25) is 0 Å². The molecule has 0 aliphatic heterocycles. The van der Waals surface area contributed by atoms with Crippen LogP contribution in [0.15, 0.2) is 90.5 Å². The Bertz CT molecular complexity index is 1540. The molecule has 216 valence electrons. The van der Waals surface area contributed by atoms with Crippen LogP contribution < -0.4 is 19.5 Å². The fraction of sp³-hybridized carbons (Fsp3) is 0.265. The van der Waals surface area contributed by atoms with E-state index in [1.807, 2.05) is 25.2 Å². The highest BCUT2D eigenvalue weighted by atomic mass is 16.5. The Labute approximate surface area is 245 Å². The highest BCUT2D eigenvalue weighted by Gasteiger charge is 2.44. The molecule has 42 heavy (non-hydrogen) atoms. The van der Waals surface area contributed by atoms with Gasteiger partial charge in [0.15, 0.2) is 23.1 Å². The number of hydrogen-bond acceptors (Lipinski definition) is 7. The fourth-order valence-corrected chi connectivity index (χ4v) is 5.33. The lowest BCUT2D eigenvalue weighted by Crippen LogP contribution is -2.40. The van der Waals surface area contributed by atoms with Crippen molar-refractivity contribution in [3.63, 3.8) is 0 Å². The molecule has 0 saturated heterocycles. The van der Waals surface area contributed by atoms with Crippen molar-refractivity contribution >= 4 is 23.2 Å². The van der Waals surface area contributed by atoms with E-state index in [9.17, 15) is 14.4 Å². The van der Waals surface area contributed by atoms with Gasteiger partial charge in [0.1, 0.15) is 12.4 Å². The zero-order chi connectivity index (χ0) is 29.6. The number of Topliss-reactive ketones (excluding diaryl/α,β-unsaturated/α-hetero) is 2. The molecule has 3 aromatic carbocycles. The van der Waals surface area contributed by atoms with Crippen LogP contribution in [-0.4, -0.2) is 63.3 Å². The minimum Gasteiger partial charge on any atom is -0.493 e. The monoisotopic (exact) mass is 566 g/mol. The molecular weight excluding hydrogens is 532 g/mol. The van der Waals surface area contributed by atoms with Gasteiger partial charge >= 0.3 is 0 Å². The van der Waals surface area contributed by atoms with Gasteiger partial charge in [0.05, 0.1) is 26.1 Å². The van der Waals surface area contributed by atoms with Crippen LogP contribution in [0.25, 0.3) is 0 Å². The molecule has 2 atom stereocenters. The first-order valence-corrected chi connectivity index (χ1v) is 13.9. The largest absolute Gasteiger partial charge is 0.493 e. The number of anilines is 1. The van der Waals surface area contributed by atoms with Crippen LogP contribution in [-0.2, 0) is 11.2 Å². The number of ketones is 2. The zero-order valence-electron chi connectivity index (χ0n) is 24.0. The van der Waals surface area contributed by atoms with E-state index >= 15 is 0 Å². The Morgan fingerprint density at radius 3 is 2.31 bits per heavy atom. The Morgan fingerprint density at radius 2 is 1.60 bits per heavy atom. The number of nitrogens with zero attached hydrogens (tertiary/aromatic N) is 1. The third-order valence-corrected chi connectivity index (χ3v) is 7.68. The molecule has 1 N–H and O–H groups in total. The van der Waals surface area contributed by atoms with Gasteiger partial charge < -0.3 is 24.4 Å². The van der Waals surface area contributed by atoms with Gasteiger partial charge in [-0.2, -0.15) is 0 Å². The molecule has 0 spiro atoms. The molecule has 1 amide bonds. The summed E-state index contributed by atoms with van der Waals surface area (Å²) in [5.74, 6) is -0.135. The molecule has 0 radical (unpaired) electrons. The van der Waals surface area contributed by atoms with E-state index in [1.54, 1.807) is 81.0 Å². The number of nitrogens with one attached hydrogen (secondary N) is 1. The average molecular weight is 567 g/mol. The topological polar surface area (TPSA) is 94.2 Å². The second-order valence-corrected chi connectivity index (χ2v) is 10.4. The minimum atomic E-state index is -0.830. The number of likely N-dealkylation sites (N-methyl/N-ethyl adjacent to an activating group) is 1. The maximum Gasteiger partial charge on any atom is 0.252 e. The molecule has 0 aromatic heterocycles. The number of rotatable bonds is 11. The van der Waals surface area contributed by atoms with Gasteiger partial charge in [0.2, 0.25) is 0 Å². The third kappa shape index (κ3) is 6.14. The van der Waals surface area contributed by atoms with Crippen molar-refractivity contribution in [3.8, 4) is 17.2 Å². The number of benzene rings is 3. The molecule has 0 bridgehead atoms. The summed E-state index contributed by atoms with van der Waals surface area (Å²) in [6.45, 7) is 2.11. The van der Waals surface area contributed by atoms with Gasteiger partial charge in [-0.25, -0.2) is 0 Å². The number of allylic oxidation sites excluding steroid dienone is 3. The molecule has 8 nitrogen and oxygen atoms in total. The van der Waals surface area contributed by atoms with Crippen molar-refractivity contribution in [2.24, 2.45) is 11.8 Å². The number of carbonyl (C=O) groups is 3. The van der Waals surface area contributed by atoms with Crippen LogP contribution >= 0.6 is 0 Å². The minimum absolute atomic E-state index is 0.141. The first kappa shape index (κ1) is 28.8. The second kappa shape index (κ2) is 12.9. The summed E-state index contributed by atoms with van der Waals surface area (Å²) in [6.07, 6.45) is 5.87. The molecule has 0 heterocycles. The Balaban J connectivity index is 1.11. The maximum atomic E-state index is 13.3. The van der Waals surface area contributed by atoms with Gasteiger partial charge in [0, 0.05) is 35.5 Å². The second-order valence-electron chi connectivity index (χ2n) is 10.4. The van der Waals surface area contributed by atoms with E-state index < -0.39 is 17.7 Å². The fourth-order valence-electron chi connectivity index (χ4n) is 5.33. The lowest BCUT2D eigenvalue weighted by Gasteiger charge is -2.31. The summed E-state index contributed by atoms with van der Waals surface area (Å²) >= 11 is 0. The van der Waals surface area contributed by atoms with Gasteiger partial charge in [-0.1, -0.05) is 48.6 Å². The highest BCUT2D eigenvalue weighted by Crippen LogP contribution is 2.38. The van der Waals surface area contributed by atoms with Crippen molar-refractivity contribution < 1.29 is 28.6 Å². The van der Waals surface area contributed by atoms with Crippen molar-refractivity contribution in [1.29, 1.82) is 0 Å².